The minimum atomic E-state index is -1.18. The maximum Gasteiger partial charge on any atom is 0.142 e. The van der Waals surface area contributed by atoms with Gasteiger partial charge in [0.15, 0.2) is 0 Å². The Labute approximate surface area is 133 Å². The highest BCUT2D eigenvalue weighted by atomic mass is 35.5. The topological polar surface area (TPSA) is 29.5 Å². The van der Waals surface area contributed by atoms with Crippen molar-refractivity contribution in [2.24, 2.45) is 0 Å². The predicted octanol–water partition coefficient (Wildman–Crippen LogP) is 5.31. The lowest BCUT2D eigenvalue weighted by Gasteiger charge is -2.30. The Kier molecular flexibility index (Phi) is 9.11. The van der Waals surface area contributed by atoms with Crippen LogP contribution in [0.15, 0.2) is 18.2 Å². The van der Waals surface area contributed by atoms with Crippen LogP contribution in [0, 0.1) is 5.82 Å². The average Bonchev–Trinajstić information content (AvgIpc) is 2.93. The van der Waals surface area contributed by atoms with Gasteiger partial charge in [0, 0.05) is 0 Å². The molecule has 4 heteroatoms. The molecule has 2 unspecified atom stereocenters. The van der Waals surface area contributed by atoms with E-state index in [9.17, 15) is 9.50 Å². The van der Waals surface area contributed by atoms with Gasteiger partial charge in [0.2, 0.25) is 0 Å². The van der Waals surface area contributed by atoms with Gasteiger partial charge in [-0.3, -0.25) is 0 Å². The van der Waals surface area contributed by atoms with Crippen LogP contribution >= 0.6 is 11.6 Å². The third kappa shape index (κ3) is 5.24. The van der Waals surface area contributed by atoms with Gasteiger partial charge >= 0.3 is 0 Å². The lowest BCUT2D eigenvalue weighted by molar-refractivity contribution is -0.0944. The maximum atomic E-state index is 13.4. The Bertz CT molecular complexity index is 421. The number of hydrogen-bond donors (Lipinski definition) is 1. The van der Waals surface area contributed by atoms with Crippen LogP contribution in [-0.2, 0) is 10.3 Å². The smallest absolute Gasteiger partial charge is 0.142 e. The molecule has 1 saturated heterocycles. The molecule has 2 nitrogen and oxygen atoms in total. The second-order valence-electron chi connectivity index (χ2n) is 4.79. The molecule has 1 aromatic carbocycles. The van der Waals surface area contributed by atoms with E-state index in [0.29, 0.717) is 5.56 Å². The molecule has 1 aliphatic heterocycles. The van der Waals surface area contributed by atoms with Crippen LogP contribution in [0.4, 0.5) is 4.39 Å². The summed E-state index contributed by atoms with van der Waals surface area (Å²) in [5, 5.41) is 10.5. The zero-order valence-corrected chi connectivity index (χ0v) is 14.7. The monoisotopic (exact) mass is 318 g/mol. The highest BCUT2D eigenvalue weighted by Gasteiger charge is 2.39. The fourth-order valence-corrected chi connectivity index (χ4v) is 2.33. The highest BCUT2D eigenvalue weighted by Crippen LogP contribution is 2.35. The molecule has 1 aliphatic rings. The van der Waals surface area contributed by atoms with E-state index in [1.807, 2.05) is 34.6 Å². The molecule has 0 spiro atoms. The van der Waals surface area contributed by atoms with E-state index in [1.54, 1.807) is 13.0 Å². The number of hydrogen-bond acceptors (Lipinski definition) is 2. The summed E-state index contributed by atoms with van der Waals surface area (Å²) in [6, 6.07) is 4.37. The number of benzene rings is 1. The van der Waals surface area contributed by atoms with Crippen LogP contribution in [0.2, 0.25) is 5.02 Å². The Morgan fingerprint density at radius 2 is 1.81 bits per heavy atom. The molecule has 21 heavy (non-hydrogen) atoms. The summed E-state index contributed by atoms with van der Waals surface area (Å²) in [6.45, 7) is 11.6. The van der Waals surface area contributed by atoms with Gasteiger partial charge in [-0.2, -0.15) is 0 Å². The molecule has 3 atom stereocenters. The summed E-state index contributed by atoms with van der Waals surface area (Å²) < 4.78 is 19.0. The molecule has 1 fully saturated rings. The van der Waals surface area contributed by atoms with Crippen molar-refractivity contribution in [1.82, 2.24) is 0 Å². The fraction of sp³-hybridized carbons (Fsp3) is 0.647. The zero-order valence-electron chi connectivity index (χ0n) is 13.9. The van der Waals surface area contributed by atoms with Crippen molar-refractivity contribution in [2.45, 2.75) is 72.2 Å². The molecule has 1 N–H and O–H groups in total. The third-order valence-corrected chi connectivity index (χ3v) is 3.67. The molecule has 2 rings (SSSR count). The SMILES string of the molecule is CC.CC.CC1CCC([C@](C)(O)c2ccc(Cl)c(F)c2)O1. The van der Waals surface area contributed by atoms with Gasteiger partial charge in [0.1, 0.15) is 11.4 Å². The minimum Gasteiger partial charge on any atom is -0.383 e. The Morgan fingerprint density at radius 1 is 1.24 bits per heavy atom. The second kappa shape index (κ2) is 9.39. The number of ether oxygens (including phenoxy) is 1. The maximum absolute atomic E-state index is 13.4. The van der Waals surface area contributed by atoms with Gasteiger partial charge in [0.25, 0.3) is 0 Å². The summed E-state index contributed by atoms with van der Waals surface area (Å²) in [6.07, 6.45) is 1.54. The molecule has 0 aromatic heterocycles. The van der Waals surface area contributed by atoms with Gasteiger partial charge in [-0.15, -0.1) is 0 Å². The number of halogens is 2. The molecular weight excluding hydrogens is 291 g/mol. The van der Waals surface area contributed by atoms with Crippen molar-refractivity contribution < 1.29 is 14.2 Å². The predicted molar refractivity (Wildman–Crippen MR) is 87.2 cm³/mol. The van der Waals surface area contributed by atoms with Crippen LogP contribution in [0.5, 0.6) is 0 Å². The standard InChI is InChI=1S/C13H16ClFO2.2C2H6/c1-8-3-6-12(17-8)13(2,16)9-4-5-10(14)11(15)7-9;2*1-2/h4-5,7-8,12,16H,3,6H2,1-2H3;2*1-2H3/t8?,12?,13-;;/m1../s1. The molecule has 0 aliphatic carbocycles. The lowest BCUT2D eigenvalue weighted by Crippen LogP contribution is -2.36. The van der Waals surface area contributed by atoms with Crippen molar-refractivity contribution in [3.05, 3.63) is 34.6 Å². The normalized spacial score (nSPS) is 23.3. The first kappa shape index (κ1) is 20.4. The summed E-state index contributed by atoms with van der Waals surface area (Å²) in [5.41, 5.74) is -0.686. The van der Waals surface area contributed by atoms with E-state index in [4.69, 9.17) is 16.3 Å². The average molecular weight is 319 g/mol. The van der Waals surface area contributed by atoms with Gasteiger partial charge in [-0.05, 0) is 44.4 Å². The Hall–Kier alpha value is -0.640. The first-order chi connectivity index (χ1) is 9.91. The molecular formula is C17H28ClFO2. The highest BCUT2D eigenvalue weighted by molar-refractivity contribution is 6.30. The van der Waals surface area contributed by atoms with Crippen LogP contribution in [0.3, 0.4) is 0 Å². The third-order valence-electron chi connectivity index (χ3n) is 3.36. The first-order valence-electron chi connectivity index (χ1n) is 7.74. The van der Waals surface area contributed by atoms with Crippen molar-refractivity contribution in [3.8, 4) is 0 Å². The molecule has 0 bridgehead atoms. The van der Waals surface area contributed by atoms with Crippen molar-refractivity contribution >= 4 is 11.6 Å². The second-order valence-corrected chi connectivity index (χ2v) is 5.20. The van der Waals surface area contributed by atoms with E-state index in [2.05, 4.69) is 0 Å². The molecule has 0 amide bonds. The molecule has 122 valence electrons. The summed E-state index contributed by atoms with van der Waals surface area (Å²) >= 11 is 5.63. The fourth-order valence-electron chi connectivity index (χ4n) is 2.21. The molecule has 1 heterocycles. The molecule has 0 saturated carbocycles. The van der Waals surface area contributed by atoms with E-state index < -0.39 is 11.4 Å². The zero-order chi connectivity index (χ0) is 16.6. The van der Waals surface area contributed by atoms with E-state index in [0.717, 1.165) is 12.8 Å². The summed E-state index contributed by atoms with van der Waals surface area (Å²) in [4.78, 5) is 0. The van der Waals surface area contributed by atoms with Gasteiger partial charge in [0.05, 0.1) is 17.2 Å². The van der Waals surface area contributed by atoms with Gasteiger partial charge in [-0.1, -0.05) is 45.4 Å². The van der Waals surface area contributed by atoms with Gasteiger partial charge in [-0.25, -0.2) is 4.39 Å². The van der Waals surface area contributed by atoms with E-state index in [1.165, 1.54) is 12.1 Å². The van der Waals surface area contributed by atoms with E-state index >= 15 is 0 Å². The minimum absolute atomic E-state index is 0.0604. The molecule has 1 aromatic rings. The van der Waals surface area contributed by atoms with Crippen LogP contribution in [0.1, 0.15) is 59.9 Å². The van der Waals surface area contributed by atoms with Crippen LogP contribution in [-0.4, -0.2) is 17.3 Å². The Morgan fingerprint density at radius 3 is 2.24 bits per heavy atom. The lowest BCUT2D eigenvalue weighted by atomic mass is 9.88. The van der Waals surface area contributed by atoms with Crippen LogP contribution in [0.25, 0.3) is 0 Å². The van der Waals surface area contributed by atoms with Crippen molar-refractivity contribution in [1.29, 1.82) is 0 Å². The quantitative estimate of drug-likeness (QED) is 0.801. The number of aliphatic hydroxyl groups is 1. The first-order valence-corrected chi connectivity index (χ1v) is 8.12. The number of rotatable bonds is 2. The summed E-state index contributed by atoms with van der Waals surface area (Å²) in [7, 11) is 0. The molecule has 0 radical (unpaired) electrons. The Balaban J connectivity index is 0.000000921. The van der Waals surface area contributed by atoms with Crippen LogP contribution < -0.4 is 0 Å². The van der Waals surface area contributed by atoms with Gasteiger partial charge < -0.3 is 9.84 Å². The largest absolute Gasteiger partial charge is 0.383 e. The van der Waals surface area contributed by atoms with Crippen molar-refractivity contribution in [2.75, 3.05) is 0 Å². The van der Waals surface area contributed by atoms with E-state index in [-0.39, 0.29) is 17.2 Å². The summed E-state index contributed by atoms with van der Waals surface area (Å²) in [5.74, 6) is -0.518. The van der Waals surface area contributed by atoms with Crippen molar-refractivity contribution in [3.63, 3.8) is 0 Å².